The van der Waals surface area contributed by atoms with E-state index in [1.165, 1.54) is 5.56 Å². The molecule has 2 aliphatic heterocycles. The molecule has 1 saturated heterocycles. The van der Waals surface area contributed by atoms with Crippen LogP contribution in [-0.4, -0.2) is 32.2 Å². The normalized spacial score (nSPS) is 18.7. The van der Waals surface area contributed by atoms with Gasteiger partial charge in [-0.1, -0.05) is 6.07 Å². The van der Waals surface area contributed by atoms with Crippen molar-refractivity contribution in [1.82, 2.24) is 5.32 Å². The highest BCUT2D eigenvalue weighted by molar-refractivity contribution is 5.95. The van der Waals surface area contributed by atoms with Crippen LogP contribution in [-0.2, 0) is 11.2 Å². The van der Waals surface area contributed by atoms with E-state index in [2.05, 4.69) is 16.7 Å². The zero-order valence-electron chi connectivity index (χ0n) is 11.1. The van der Waals surface area contributed by atoms with E-state index in [9.17, 15) is 4.79 Å². The van der Waals surface area contributed by atoms with Gasteiger partial charge in [0.1, 0.15) is 0 Å². The Morgan fingerprint density at radius 1 is 1.37 bits per heavy atom. The Bertz CT molecular complexity index is 467. The van der Waals surface area contributed by atoms with Crippen molar-refractivity contribution >= 4 is 11.6 Å². The van der Waals surface area contributed by atoms with E-state index in [1.54, 1.807) is 0 Å². The Labute approximate surface area is 113 Å². The third kappa shape index (κ3) is 2.89. The summed E-state index contributed by atoms with van der Waals surface area (Å²) in [5, 5.41) is 6.34. The molecule has 2 aliphatic rings. The van der Waals surface area contributed by atoms with Gasteiger partial charge in [0.15, 0.2) is 0 Å². The fourth-order valence-electron chi connectivity index (χ4n) is 2.72. The van der Waals surface area contributed by atoms with Gasteiger partial charge in [0, 0.05) is 37.6 Å². The summed E-state index contributed by atoms with van der Waals surface area (Å²) >= 11 is 0. The van der Waals surface area contributed by atoms with Crippen LogP contribution in [0.3, 0.4) is 0 Å². The molecule has 0 atom stereocenters. The number of carbonyl (C=O) groups is 1. The topological polar surface area (TPSA) is 50.4 Å². The molecule has 4 heteroatoms. The van der Waals surface area contributed by atoms with Crippen LogP contribution in [0.2, 0.25) is 0 Å². The van der Waals surface area contributed by atoms with Gasteiger partial charge >= 0.3 is 0 Å². The highest BCUT2D eigenvalue weighted by Crippen LogP contribution is 2.23. The van der Waals surface area contributed by atoms with Crippen LogP contribution in [0.25, 0.3) is 0 Å². The highest BCUT2D eigenvalue weighted by atomic mass is 16.5. The Balaban J connectivity index is 1.57. The molecule has 102 valence electrons. The predicted octanol–water partition coefficient (Wildman–Crippen LogP) is 1.81. The van der Waals surface area contributed by atoms with Crippen molar-refractivity contribution in [3.63, 3.8) is 0 Å². The molecule has 0 radical (unpaired) electrons. The smallest absolute Gasteiger partial charge is 0.251 e. The maximum absolute atomic E-state index is 12.1. The maximum Gasteiger partial charge on any atom is 0.251 e. The molecule has 3 rings (SSSR count). The Kier molecular flexibility index (Phi) is 3.69. The van der Waals surface area contributed by atoms with E-state index in [-0.39, 0.29) is 5.91 Å². The molecule has 2 heterocycles. The van der Waals surface area contributed by atoms with E-state index in [4.69, 9.17) is 4.74 Å². The first-order chi connectivity index (χ1) is 9.33. The average Bonchev–Trinajstić information content (AvgIpc) is 2.93. The molecular formula is C15H20N2O2. The summed E-state index contributed by atoms with van der Waals surface area (Å²) in [5.74, 6) is 0.591. The third-order valence-corrected chi connectivity index (χ3v) is 3.97. The second-order valence-corrected chi connectivity index (χ2v) is 5.31. The molecule has 0 aromatic heterocycles. The maximum atomic E-state index is 12.1. The van der Waals surface area contributed by atoms with E-state index in [0.29, 0.717) is 5.92 Å². The zero-order chi connectivity index (χ0) is 13.1. The molecule has 4 nitrogen and oxygen atoms in total. The van der Waals surface area contributed by atoms with Crippen LogP contribution in [0.15, 0.2) is 18.2 Å². The van der Waals surface area contributed by atoms with E-state index in [0.717, 1.165) is 56.8 Å². The number of amides is 1. The molecule has 0 saturated carbocycles. The van der Waals surface area contributed by atoms with Gasteiger partial charge in [0.25, 0.3) is 5.91 Å². The van der Waals surface area contributed by atoms with Crippen molar-refractivity contribution in [2.75, 3.05) is 31.6 Å². The number of anilines is 1. The molecule has 1 aromatic rings. The molecule has 1 amide bonds. The van der Waals surface area contributed by atoms with Gasteiger partial charge in [-0.25, -0.2) is 0 Å². The van der Waals surface area contributed by atoms with E-state index < -0.39 is 0 Å². The minimum atomic E-state index is 0.0305. The number of ether oxygens (including phenoxy) is 1. The van der Waals surface area contributed by atoms with Gasteiger partial charge in [0.05, 0.1) is 0 Å². The third-order valence-electron chi connectivity index (χ3n) is 3.97. The molecule has 0 aliphatic carbocycles. The van der Waals surface area contributed by atoms with Gasteiger partial charge in [-0.3, -0.25) is 4.79 Å². The van der Waals surface area contributed by atoms with Crippen molar-refractivity contribution < 1.29 is 9.53 Å². The van der Waals surface area contributed by atoms with Crippen molar-refractivity contribution in [3.05, 3.63) is 29.3 Å². The van der Waals surface area contributed by atoms with Crippen LogP contribution in [0.1, 0.15) is 28.8 Å². The average molecular weight is 260 g/mol. The number of hydrogen-bond acceptors (Lipinski definition) is 3. The molecule has 1 fully saturated rings. The van der Waals surface area contributed by atoms with Crippen LogP contribution < -0.4 is 10.6 Å². The standard InChI is InChI=1S/C15H20N2O2/c18-15(17-10-11-4-7-19-8-5-11)13-2-1-12-3-6-16-14(12)9-13/h1-2,9,11,16H,3-8,10H2,(H,17,18). The quantitative estimate of drug-likeness (QED) is 0.871. The summed E-state index contributed by atoms with van der Waals surface area (Å²) in [6, 6.07) is 5.94. The largest absolute Gasteiger partial charge is 0.384 e. The number of rotatable bonds is 3. The first-order valence-electron chi connectivity index (χ1n) is 7.05. The molecule has 2 N–H and O–H groups in total. The lowest BCUT2D eigenvalue weighted by Gasteiger charge is -2.22. The van der Waals surface area contributed by atoms with E-state index >= 15 is 0 Å². The molecule has 0 unspecified atom stereocenters. The van der Waals surface area contributed by atoms with Crippen LogP contribution in [0.5, 0.6) is 0 Å². The number of fused-ring (bicyclic) bond motifs is 1. The zero-order valence-corrected chi connectivity index (χ0v) is 11.1. The SMILES string of the molecule is O=C(NCC1CCOCC1)c1ccc2c(c1)NCC2. The Morgan fingerprint density at radius 2 is 2.21 bits per heavy atom. The Hall–Kier alpha value is -1.55. The molecule has 0 bridgehead atoms. The number of carbonyl (C=O) groups excluding carboxylic acids is 1. The Morgan fingerprint density at radius 3 is 3.05 bits per heavy atom. The second-order valence-electron chi connectivity index (χ2n) is 5.31. The summed E-state index contributed by atoms with van der Waals surface area (Å²) < 4.78 is 5.32. The lowest BCUT2D eigenvalue weighted by atomic mass is 10.0. The van der Waals surface area contributed by atoms with Crippen molar-refractivity contribution in [3.8, 4) is 0 Å². The van der Waals surface area contributed by atoms with Crippen molar-refractivity contribution in [1.29, 1.82) is 0 Å². The fraction of sp³-hybridized carbons (Fsp3) is 0.533. The lowest BCUT2D eigenvalue weighted by molar-refractivity contribution is 0.0642. The van der Waals surface area contributed by atoms with Gasteiger partial charge < -0.3 is 15.4 Å². The fourth-order valence-corrected chi connectivity index (χ4v) is 2.72. The number of benzene rings is 1. The minimum absolute atomic E-state index is 0.0305. The van der Waals surface area contributed by atoms with Crippen LogP contribution >= 0.6 is 0 Å². The highest BCUT2D eigenvalue weighted by Gasteiger charge is 2.16. The van der Waals surface area contributed by atoms with Crippen LogP contribution in [0, 0.1) is 5.92 Å². The number of hydrogen-bond donors (Lipinski definition) is 2. The van der Waals surface area contributed by atoms with Gasteiger partial charge in [-0.05, 0) is 42.9 Å². The summed E-state index contributed by atoms with van der Waals surface area (Å²) in [6.07, 6.45) is 3.15. The minimum Gasteiger partial charge on any atom is -0.384 e. The molecule has 19 heavy (non-hydrogen) atoms. The lowest BCUT2D eigenvalue weighted by Crippen LogP contribution is -2.32. The van der Waals surface area contributed by atoms with Crippen molar-refractivity contribution in [2.24, 2.45) is 5.92 Å². The van der Waals surface area contributed by atoms with Crippen LogP contribution in [0.4, 0.5) is 5.69 Å². The summed E-state index contributed by atoms with van der Waals surface area (Å²) in [5.41, 5.74) is 3.17. The van der Waals surface area contributed by atoms with Crippen molar-refractivity contribution in [2.45, 2.75) is 19.3 Å². The summed E-state index contributed by atoms with van der Waals surface area (Å²) in [4.78, 5) is 12.1. The van der Waals surface area contributed by atoms with Gasteiger partial charge in [-0.2, -0.15) is 0 Å². The first kappa shape index (κ1) is 12.5. The van der Waals surface area contributed by atoms with Gasteiger partial charge in [-0.15, -0.1) is 0 Å². The number of nitrogens with one attached hydrogen (secondary N) is 2. The second kappa shape index (κ2) is 5.61. The molecule has 1 aromatic carbocycles. The summed E-state index contributed by atoms with van der Waals surface area (Å²) in [7, 11) is 0. The predicted molar refractivity (Wildman–Crippen MR) is 74.5 cm³/mol. The van der Waals surface area contributed by atoms with E-state index in [1.807, 2.05) is 12.1 Å². The summed E-state index contributed by atoms with van der Waals surface area (Å²) in [6.45, 7) is 3.38. The first-order valence-corrected chi connectivity index (χ1v) is 7.05. The monoisotopic (exact) mass is 260 g/mol. The van der Waals surface area contributed by atoms with Gasteiger partial charge in [0.2, 0.25) is 0 Å². The molecule has 0 spiro atoms. The molecular weight excluding hydrogens is 240 g/mol.